The SMILES string of the molecule is CCOC(=O)Cc1csc(NC(=O)[C@]2(C)CC(c3ccccc3Cl)=NO2)n1. The molecule has 0 aliphatic carbocycles. The Hall–Kier alpha value is -2.45. The highest BCUT2D eigenvalue weighted by Crippen LogP contribution is 2.30. The van der Waals surface area contributed by atoms with Gasteiger partial charge in [0.2, 0.25) is 5.60 Å². The number of hydrogen-bond donors (Lipinski definition) is 1. The summed E-state index contributed by atoms with van der Waals surface area (Å²) in [4.78, 5) is 33.8. The zero-order chi connectivity index (χ0) is 19.4. The summed E-state index contributed by atoms with van der Waals surface area (Å²) in [5, 5.41) is 9.40. The second-order valence-corrected chi connectivity index (χ2v) is 7.36. The Morgan fingerprint density at radius 1 is 1.41 bits per heavy atom. The number of anilines is 1. The first-order chi connectivity index (χ1) is 12.9. The Kier molecular flexibility index (Phi) is 5.76. The van der Waals surface area contributed by atoms with Gasteiger partial charge in [0.15, 0.2) is 5.13 Å². The summed E-state index contributed by atoms with van der Waals surface area (Å²) in [6.07, 6.45) is 0.345. The normalized spacial score (nSPS) is 18.6. The number of nitrogens with zero attached hydrogens (tertiary/aromatic N) is 2. The Morgan fingerprint density at radius 2 is 2.19 bits per heavy atom. The highest BCUT2D eigenvalue weighted by Gasteiger charge is 2.43. The molecule has 0 unspecified atom stereocenters. The van der Waals surface area contributed by atoms with Crippen molar-refractivity contribution < 1.29 is 19.2 Å². The molecule has 0 bridgehead atoms. The zero-order valence-corrected chi connectivity index (χ0v) is 16.4. The van der Waals surface area contributed by atoms with Gasteiger partial charge in [0.25, 0.3) is 5.91 Å². The number of amides is 1. The van der Waals surface area contributed by atoms with E-state index in [-0.39, 0.29) is 24.7 Å². The Labute approximate surface area is 165 Å². The summed E-state index contributed by atoms with van der Waals surface area (Å²) in [6.45, 7) is 3.71. The summed E-state index contributed by atoms with van der Waals surface area (Å²) >= 11 is 7.42. The fourth-order valence-corrected chi connectivity index (χ4v) is 3.49. The number of esters is 1. The van der Waals surface area contributed by atoms with Gasteiger partial charge in [-0.15, -0.1) is 11.3 Å². The molecule has 1 aromatic carbocycles. The Balaban J connectivity index is 1.63. The molecule has 0 saturated carbocycles. The van der Waals surface area contributed by atoms with E-state index in [1.807, 2.05) is 18.2 Å². The molecule has 27 heavy (non-hydrogen) atoms. The molecule has 1 atom stereocenters. The van der Waals surface area contributed by atoms with Crippen molar-refractivity contribution in [2.24, 2.45) is 5.16 Å². The van der Waals surface area contributed by atoms with E-state index in [1.165, 1.54) is 11.3 Å². The first-order valence-corrected chi connectivity index (χ1v) is 9.58. The van der Waals surface area contributed by atoms with Crippen LogP contribution in [0.2, 0.25) is 5.02 Å². The smallest absolute Gasteiger partial charge is 0.311 e. The third-order valence-electron chi connectivity index (χ3n) is 3.93. The predicted molar refractivity (Wildman–Crippen MR) is 103 cm³/mol. The van der Waals surface area contributed by atoms with Crippen LogP contribution in [0, 0.1) is 0 Å². The number of oxime groups is 1. The molecule has 0 spiro atoms. The van der Waals surface area contributed by atoms with Gasteiger partial charge in [-0.3, -0.25) is 14.9 Å². The molecule has 9 heteroatoms. The average molecular weight is 408 g/mol. The first-order valence-electron chi connectivity index (χ1n) is 8.32. The molecule has 1 aliphatic heterocycles. The number of benzene rings is 1. The molecule has 1 N–H and O–H groups in total. The highest BCUT2D eigenvalue weighted by atomic mass is 35.5. The second kappa shape index (κ2) is 8.06. The first kappa shape index (κ1) is 19.3. The molecule has 1 aliphatic rings. The van der Waals surface area contributed by atoms with Gasteiger partial charge in [-0.1, -0.05) is 35.0 Å². The van der Waals surface area contributed by atoms with Crippen molar-refractivity contribution in [3.05, 3.63) is 45.9 Å². The van der Waals surface area contributed by atoms with Crippen molar-refractivity contribution in [1.29, 1.82) is 0 Å². The summed E-state index contributed by atoms with van der Waals surface area (Å²) in [7, 11) is 0. The maximum Gasteiger partial charge on any atom is 0.311 e. The average Bonchev–Trinajstić information content (AvgIpc) is 3.23. The molecule has 142 valence electrons. The third-order valence-corrected chi connectivity index (χ3v) is 5.07. The minimum atomic E-state index is -1.17. The van der Waals surface area contributed by atoms with Crippen LogP contribution in [-0.2, 0) is 25.6 Å². The minimum absolute atomic E-state index is 0.0632. The fraction of sp³-hybridized carbons (Fsp3) is 0.333. The van der Waals surface area contributed by atoms with Gasteiger partial charge in [-0.05, 0) is 19.9 Å². The van der Waals surface area contributed by atoms with Crippen LogP contribution in [0.15, 0.2) is 34.8 Å². The van der Waals surface area contributed by atoms with Crippen molar-refractivity contribution in [3.63, 3.8) is 0 Å². The lowest BCUT2D eigenvalue weighted by Gasteiger charge is -2.19. The molecule has 7 nitrogen and oxygen atoms in total. The number of nitrogens with one attached hydrogen (secondary N) is 1. The van der Waals surface area contributed by atoms with E-state index in [0.29, 0.717) is 28.2 Å². The summed E-state index contributed by atoms with van der Waals surface area (Å²) in [5.74, 6) is -0.727. The monoisotopic (exact) mass is 407 g/mol. The van der Waals surface area contributed by atoms with Crippen molar-refractivity contribution in [2.45, 2.75) is 32.3 Å². The Bertz CT molecular complexity index is 898. The molecule has 0 radical (unpaired) electrons. The van der Waals surface area contributed by atoms with Gasteiger partial charge < -0.3 is 9.57 Å². The number of hydrogen-bond acceptors (Lipinski definition) is 7. The number of halogens is 1. The maximum atomic E-state index is 12.7. The summed E-state index contributed by atoms with van der Waals surface area (Å²) in [5.41, 5.74) is 0.725. The predicted octanol–water partition coefficient (Wildman–Crippen LogP) is 3.42. The quantitative estimate of drug-likeness (QED) is 0.741. The molecule has 0 saturated heterocycles. The fourth-order valence-electron chi connectivity index (χ4n) is 2.54. The van der Waals surface area contributed by atoms with Crippen molar-refractivity contribution in [3.8, 4) is 0 Å². The van der Waals surface area contributed by atoms with Gasteiger partial charge in [0.1, 0.15) is 0 Å². The van der Waals surface area contributed by atoms with Crippen molar-refractivity contribution in [2.75, 3.05) is 11.9 Å². The van der Waals surface area contributed by atoms with Crippen LogP contribution in [0.25, 0.3) is 0 Å². The van der Waals surface area contributed by atoms with Crippen LogP contribution in [0.5, 0.6) is 0 Å². The van der Waals surface area contributed by atoms with Crippen molar-refractivity contribution >= 4 is 45.7 Å². The number of aromatic nitrogens is 1. The highest BCUT2D eigenvalue weighted by molar-refractivity contribution is 7.14. The van der Waals surface area contributed by atoms with Crippen LogP contribution in [0.4, 0.5) is 5.13 Å². The van der Waals surface area contributed by atoms with Gasteiger partial charge in [-0.25, -0.2) is 4.98 Å². The van der Waals surface area contributed by atoms with Crippen LogP contribution in [0.1, 0.15) is 31.5 Å². The number of thiazole rings is 1. The lowest BCUT2D eigenvalue weighted by Crippen LogP contribution is -2.40. The molecule has 1 amide bonds. The van der Waals surface area contributed by atoms with Gasteiger partial charge in [0.05, 0.1) is 24.4 Å². The van der Waals surface area contributed by atoms with Crippen LogP contribution in [-0.4, -0.2) is 34.8 Å². The topological polar surface area (TPSA) is 89.9 Å². The number of carbonyl (C=O) groups excluding carboxylic acids is 2. The van der Waals surface area contributed by atoms with Crippen LogP contribution in [0.3, 0.4) is 0 Å². The summed E-state index contributed by atoms with van der Waals surface area (Å²) in [6, 6.07) is 7.26. The molecular weight excluding hydrogens is 390 g/mol. The maximum absolute atomic E-state index is 12.7. The third kappa shape index (κ3) is 4.45. The summed E-state index contributed by atoms with van der Waals surface area (Å²) < 4.78 is 4.89. The molecule has 3 rings (SSSR count). The number of ether oxygens (including phenoxy) is 1. The lowest BCUT2D eigenvalue weighted by molar-refractivity contribution is -0.142. The molecule has 2 heterocycles. The molecule has 1 aromatic heterocycles. The van der Waals surface area contributed by atoms with Crippen LogP contribution < -0.4 is 5.32 Å². The Morgan fingerprint density at radius 3 is 2.93 bits per heavy atom. The zero-order valence-electron chi connectivity index (χ0n) is 14.8. The van der Waals surface area contributed by atoms with E-state index < -0.39 is 5.60 Å². The standard InChI is InChI=1S/C18H18ClN3O4S/c1-3-25-15(23)8-11-10-27-17(20-11)21-16(24)18(2)9-14(22-26-18)12-6-4-5-7-13(12)19/h4-7,10H,3,8-9H2,1-2H3,(H,20,21,24)/t18-/m0/s1. The molecule has 2 aromatic rings. The van der Waals surface area contributed by atoms with E-state index in [9.17, 15) is 9.59 Å². The second-order valence-electron chi connectivity index (χ2n) is 6.10. The van der Waals surface area contributed by atoms with E-state index >= 15 is 0 Å². The van der Waals surface area contributed by atoms with Crippen LogP contribution >= 0.6 is 22.9 Å². The van der Waals surface area contributed by atoms with E-state index in [1.54, 1.807) is 25.3 Å². The lowest BCUT2D eigenvalue weighted by atomic mass is 9.95. The van der Waals surface area contributed by atoms with E-state index in [0.717, 1.165) is 5.56 Å². The van der Waals surface area contributed by atoms with Crippen molar-refractivity contribution in [1.82, 2.24) is 4.98 Å². The minimum Gasteiger partial charge on any atom is -0.466 e. The van der Waals surface area contributed by atoms with E-state index in [4.69, 9.17) is 21.2 Å². The largest absolute Gasteiger partial charge is 0.466 e. The van der Waals surface area contributed by atoms with Gasteiger partial charge >= 0.3 is 5.97 Å². The molecule has 0 fully saturated rings. The number of rotatable bonds is 6. The van der Waals surface area contributed by atoms with Gasteiger partial charge in [-0.2, -0.15) is 0 Å². The molecular formula is C18H18ClN3O4S. The van der Waals surface area contributed by atoms with E-state index in [2.05, 4.69) is 15.5 Å². The number of carbonyl (C=O) groups is 2. The van der Waals surface area contributed by atoms with Gasteiger partial charge in [0, 0.05) is 22.4 Å².